The molecule has 1 aromatic rings. The fourth-order valence-electron chi connectivity index (χ4n) is 3.83. The van der Waals surface area contributed by atoms with E-state index in [4.69, 9.17) is 4.74 Å². The Balaban J connectivity index is 1.63. The van der Waals surface area contributed by atoms with Crippen LogP contribution in [0.15, 0.2) is 30.3 Å². The van der Waals surface area contributed by atoms with E-state index < -0.39 is 5.41 Å². The van der Waals surface area contributed by atoms with Gasteiger partial charge < -0.3 is 15.0 Å². The van der Waals surface area contributed by atoms with Gasteiger partial charge in [0, 0.05) is 19.1 Å². The first-order valence-corrected chi connectivity index (χ1v) is 9.15. The van der Waals surface area contributed by atoms with Crippen molar-refractivity contribution in [1.29, 1.82) is 5.26 Å². The Morgan fingerprint density at radius 2 is 1.92 bits per heavy atom. The highest BCUT2D eigenvalue weighted by molar-refractivity contribution is 5.82. The second kappa shape index (κ2) is 7.55. The molecule has 2 aliphatic rings. The molecule has 1 aliphatic carbocycles. The standard InChI is InChI=1S/C20H27N3O2/c1-15(2)18(19(24)23-8-10-25-11-9-23)22-17-12-20(13-17,14-21)16-6-4-3-5-7-16/h3-7,15,17-18,22H,8-13H2,1-2H3/t17?,18-,20?/m0/s1. The van der Waals surface area contributed by atoms with Crippen LogP contribution in [0.4, 0.5) is 0 Å². The smallest absolute Gasteiger partial charge is 0.240 e. The predicted octanol–water partition coefficient (Wildman–Crippen LogP) is 2.08. The molecule has 1 saturated carbocycles. The molecule has 134 valence electrons. The van der Waals surface area contributed by atoms with E-state index in [0.29, 0.717) is 26.3 Å². The predicted molar refractivity (Wildman–Crippen MR) is 95.9 cm³/mol. The molecule has 1 aliphatic heterocycles. The highest BCUT2D eigenvalue weighted by atomic mass is 16.5. The third kappa shape index (κ3) is 3.70. The molecule has 25 heavy (non-hydrogen) atoms. The first kappa shape index (κ1) is 17.9. The monoisotopic (exact) mass is 341 g/mol. The third-order valence-corrected chi connectivity index (χ3v) is 5.40. The van der Waals surface area contributed by atoms with Crippen LogP contribution in [-0.4, -0.2) is 49.2 Å². The summed E-state index contributed by atoms with van der Waals surface area (Å²) in [6.07, 6.45) is 1.51. The SMILES string of the molecule is CC(C)[C@H](NC1CC(C#N)(c2ccccc2)C1)C(=O)N1CCOCC1. The quantitative estimate of drug-likeness (QED) is 0.890. The van der Waals surface area contributed by atoms with Crippen LogP contribution in [0.3, 0.4) is 0 Å². The van der Waals surface area contributed by atoms with Crippen molar-refractivity contribution in [2.45, 2.75) is 44.2 Å². The zero-order valence-corrected chi connectivity index (χ0v) is 15.1. The van der Waals surface area contributed by atoms with Gasteiger partial charge in [-0.3, -0.25) is 4.79 Å². The number of carbonyl (C=O) groups is 1. The number of rotatable bonds is 5. The topological polar surface area (TPSA) is 65.4 Å². The average molecular weight is 341 g/mol. The average Bonchev–Trinajstić information content (AvgIpc) is 2.62. The Morgan fingerprint density at radius 1 is 1.28 bits per heavy atom. The van der Waals surface area contributed by atoms with Crippen LogP contribution in [0.5, 0.6) is 0 Å². The Kier molecular flexibility index (Phi) is 5.41. The van der Waals surface area contributed by atoms with Crippen molar-refractivity contribution in [3.05, 3.63) is 35.9 Å². The van der Waals surface area contributed by atoms with Gasteiger partial charge in [0.25, 0.3) is 0 Å². The van der Waals surface area contributed by atoms with Crippen molar-refractivity contribution < 1.29 is 9.53 Å². The van der Waals surface area contributed by atoms with Crippen LogP contribution in [-0.2, 0) is 14.9 Å². The van der Waals surface area contributed by atoms with E-state index in [2.05, 4.69) is 25.2 Å². The number of carbonyl (C=O) groups excluding carboxylic acids is 1. The van der Waals surface area contributed by atoms with Crippen LogP contribution >= 0.6 is 0 Å². The second-order valence-electron chi connectivity index (χ2n) is 7.49. The summed E-state index contributed by atoms with van der Waals surface area (Å²) in [6, 6.07) is 12.5. The van der Waals surface area contributed by atoms with Gasteiger partial charge in [0.15, 0.2) is 0 Å². The van der Waals surface area contributed by atoms with E-state index in [1.54, 1.807) is 0 Å². The number of nitrogens with zero attached hydrogens (tertiary/aromatic N) is 2. The number of nitrogens with one attached hydrogen (secondary N) is 1. The molecule has 5 heteroatoms. The van der Waals surface area contributed by atoms with E-state index >= 15 is 0 Å². The molecule has 1 heterocycles. The summed E-state index contributed by atoms with van der Waals surface area (Å²) in [4.78, 5) is 14.8. The maximum Gasteiger partial charge on any atom is 0.240 e. The van der Waals surface area contributed by atoms with Gasteiger partial charge in [0.1, 0.15) is 0 Å². The van der Waals surface area contributed by atoms with Crippen LogP contribution in [0.2, 0.25) is 0 Å². The van der Waals surface area contributed by atoms with E-state index in [1.807, 2.05) is 35.2 Å². The highest BCUT2D eigenvalue weighted by Crippen LogP contribution is 2.43. The maximum absolute atomic E-state index is 12.9. The largest absolute Gasteiger partial charge is 0.378 e. The molecule has 0 bridgehead atoms. The van der Waals surface area contributed by atoms with Gasteiger partial charge in [-0.2, -0.15) is 5.26 Å². The number of amides is 1. The van der Waals surface area contributed by atoms with Crippen molar-refractivity contribution in [3.8, 4) is 6.07 Å². The summed E-state index contributed by atoms with van der Waals surface area (Å²) in [5.74, 6) is 0.372. The number of ether oxygens (including phenoxy) is 1. The molecule has 0 aromatic heterocycles. The molecule has 5 nitrogen and oxygen atoms in total. The van der Waals surface area contributed by atoms with Crippen molar-refractivity contribution in [1.82, 2.24) is 10.2 Å². The lowest BCUT2D eigenvalue weighted by Crippen LogP contribution is -2.59. The minimum Gasteiger partial charge on any atom is -0.378 e. The van der Waals surface area contributed by atoms with Crippen molar-refractivity contribution >= 4 is 5.91 Å². The molecular formula is C20H27N3O2. The Morgan fingerprint density at radius 3 is 2.48 bits per heavy atom. The van der Waals surface area contributed by atoms with E-state index in [9.17, 15) is 10.1 Å². The third-order valence-electron chi connectivity index (χ3n) is 5.40. The molecule has 1 atom stereocenters. The lowest BCUT2D eigenvalue weighted by Gasteiger charge is -2.45. The van der Waals surface area contributed by atoms with Crippen LogP contribution in [0.25, 0.3) is 0 Å². The number of hydrogen-bond acceptors (Lipinski definition) is 4. The zero-order valence-electron chi connectivity index (χ0n) is 15.1. The normalized spacial score (nSPS) is 27.4. The number of hydrogen-bond donors (Lipinski definition) is 1. The first-order valence-electron chi connectivity index (χ1n) is 9.15. The van der Waals surface area contributed by atoms with E-state index in [-0.39, 0.29) is 23.9 Å². The van der Waals surface area contributed by atoms with Crippen molar-refractivity contribution in [2.75, 3.05) is 26.3 Å². The second-order valence-corrected chi connectivity index (χ2v) is 7.49. The molecule has 3 rings (SSSR count). The Bertz CT molecular complexity index is 626. The van der Waals surface area contributed by atoms with Gasteiger partial charge in [0.05, 0.1) is 30.7 Å². The number of benzene rings is 1. The summed E-state index contributed by atoms with van der Waals surface area (Å²) < 4.78 is 5.34. The fraction of sp³-hybridized carbons (Fsp3) is 0.600. The number of morpholine rings is 1. The zero-order chi connectivity index (χ0) is 17.9. The van der Waals surface area contributed by atoms with Crippen LogP contribution < -0.4 is 5.32 Å². The minimum atomic E-state index is -0.414. The van der Waals surface area contributed by atoms with Gasteiger partial charge in [-0.15, -0.1) is 0 Å². The van der Waals surface area contributed by atoms with Gasteiger partial charge in [-0.25, -0.2) is 0 Å². The lowest BCUT2D eigenvalue weighted by atomic mass is 9.62. The molecule has 1 saturated heterocycles. The lowest BCUT2D eigenvalue weighted by molar-refractivity contribution is -0.139. The first-order chi connectivity index (χ1) is 12.1. The molecule has 0 spiro atoms. The van der Waals surface area contributed by atoms with Gasteiger partial charge in [-0.1, -0.05) is 44.2 Å². The number of nitriles is 1. The van der Waals surface area contributed by atoms with Gasteiger partial charge >= 0.3 is 0 Å². The summed E-state index contributed by atoms with van der Waals surface area (Å²) in [7, 11) is 0. The van der Waals surface area contributed by atoms with Crippen LogP contribution in [0, 0.1) is 17.2 Å². The molecular weight excluding hydrogens is 314 g/mol. The van der Waals surface area contributed by atoms with Crippen molar-refractivity contribution in [2.24, 2.45) is 5.92 Å². The summed E-state index contributed by atoms with van der Waals surface area (Å²) in [6.45, 7) is 6.71. The molecule has 1 aromatic carbocycles. The van der Waals surface area contributed by atoms with E-state index in [1.165, 1.54) is 0 Å². The summed E-state index contributed by atoms with van der Waals surface area (Å²) >= 11 is 0. The highest BCUT2D eigenvalue weighted by Gasteiger charge is 2.47. The van der Waals surface area contributed by atoms with Gasteiger partial charge in [0.2, 0.25) is 5.91 Å². The molecule has 0 radical (unpaired) electrons. The molecule has 2 fully saturated rings. The Labute approximate surface area is 150 Å². The fourth-order valence-corrected chi connectivity index (χ4v) is 3.83. The maximum atomic E-state index is 12.9. The molecule has 0 unspecified atom stereocenters. The van der Waals surface area contributed by atoms with Crippen LogP contribution in [0.1, 0.15) is 32.3 Å². The summed E-state index contributed by atoms with van der Waals surface area (Å²) in [5, 5.41) is 13.2. The molecule has 1 N–H and O–H groups in total. The summed E-state index contributed by atoms with van der Waals surface area (Å²) in [5.41, 5.74) is 0.666. The Hall–Kier alpha value is -1.90. The minimum absolute atomic E-state index is 0.160. The molecule has 1 amide bonds. The van der Waals surface area contributed by atoms with Gasteiger partial charge in [-0.05, 0) is 24.3 Å². The van der Waals surface area contributed by atoms with E-state index in [0.717, 1.165) is 18.4 Å². The van der Waals surface area contributed by atoms with Crippen molar-refractivity contribution in [3.63, 3.8) is 0 Å².